The van der Waals surface area contributed by atoms with Crippen molar-refractivity contribution >= 4 is 33.5 Å². The van der Waals surface area contributed by atoms with Crippen LogP contribution in [0.5, 0.6) is 0 Å². The van der Waals surface area contributed by atoms with Gasteiger partial charge in [0, 0.05) is 32.6 Å². The molecule has 1 amide bonds. The third kappa shape index (κ3) is 3.56. The van der Waals surface area contributed by atoms with Crippen LogP contribution in [0.3, 0.4) is 0 Å². The Morgan fingerprint density at radius 1 is 1.47 bits per heavy atom. The van der Waals surface area contributed by atoms with Gasteiger partial charge in [0.1, 0.15) is 22.4 Å². The van der Waals surface area contributed by atoms with Gasteiger partial charge in [0.15, 0.2) is 0 Å². The number of carbonyl (C=O) groups is 1. The summed E-state index contributed by atoms with van der Waals surface area (Å²) in [6, 6.07) is 0. The van der Waals surface area contributed by atoms with Crippen LogP contribution in [0.4, 0.5) is 11.6 Å². The molecule has 0 aromatic carbocycles. The lowest BCUT2D eigenvalue weighted by atomic mass is 10.3. The van der Waals surface area contributed by atoms with Crippen molar-refractivity contribution in [2.75, 3.05) is 36.4 Å². The summed E-state index contributed by atoms with van der Waals surface area (Å²) in [5, 5.41) is 6.12. The molecule has 2 heterocycles. The number of anilines is 2. The molecule has 2 rings (SSSR count). The molecule has 104 valence electrons. The minimum Gasteiger partial charge on any atom is -0.369 e. The zero-order valence-electron chi connectivity index (χ0n) is 10.9. The first-order valence-electron chi connectivity index (χ1n) is 6.48. The smallest absolute Gasteiger partial charge is 0.221 e. The molecule has 6 nitrogen and oxygen atoms in total. The first-order chi connectivity index (χ1) is 9.22. The first kappa shape index (κ1) is 14.0. The Kier molecular flexibility index (Phi) is 4.95. The largest absolute Gasteiger partial charge is 0.369 e. The van der Waals surface area contributed by atoms with Crippen LogP contribution in [-0.4, -0.2) is 42.1 Å². The highest BCUT2D eigenvalue weighted by Crippen LogP contribution is 2.29. The van der Waals surface area contributed by atoms with E-state index < -0.39 is 0 Å². The Morgan fingerprint density at radius 3 is 3.11 bits per heavy atom. The van der Waals surface area contributed by atoms with E-state index in [1.54, 1.807) is 6.33 Å². The van der Waals surface area contributed by atoms with Crippen LogP contribution >= 0.6 is 15.9 Å². The molecular weight excluding hydrogens is 310 g/mol. The number of rotatable bonds is 4. The SMILES string of the molecule is CCCNc1ncnc(N2CCNC(=O)CC2)c1Br. The zero-order chi connectivity index (χ0) is 13.7. The maximum Gasteiger partial charge on any atom is 0.221 e. The molecular formula is C12H18BrN5O. The van der Waals surface area contributed by atoms with E-state index in [0.29, 0.717) is 19.5 Å². The summed E-state index contributed by atoms with van der Waals surface area (Å²) in [6.45, 7) is 5.06. The Balaban J connectivity index is 2.16. The fourth-order valence-electron chi connectivity index (χ4n) is 1.93. The fraction of sp³-hybridized carbons (Fsp3) is 0.583. The average Bonchev–Trinajstić information content (AvgIpc) is 2.62. The van der Waals surface area contributed by atoms with Crippen LogP contribution in [0.2, 0.25) is 0 Å². The van der Waals surface area contributed by atoms with Crippen molar-refractivity contribution < 1.29 is 4.79 Å². The van der Waals surface area contributed by atoms with Crippen LogP contribution < -0.4 is 15.5 Å². The lowest BCUT2D eigenvalue weighted by Crippen LogP contribution is -2.29. The van der Waals surface area contributed by atoms with Gasteiger partial charge in [-0.25, -0.2) is 9.97 Å². The maximum atomic E-state index is 11.4. The van der Waals surface area contributed by atoms with Crippen molar-refractivity contribution in [2.24, 2.45) is 0 Å². The minimum atomic E-state index is 0.0945. The molecule has 19 heavy (non-hydrogen) atoms. The third-order valence-corrected chi connectivity index (χ3v) is 3.66. The van der Waals surface area contributed by atoms with Crippen LogP contribution in [0.15, 0.2) is 10.8 Å². The van der Waals surface area contributed by atoms with Crippen molar-refractivity contribution in [2.45, 2.75) is 19.8 Å². The minimum absolute atomic E-state index is 0.0945. The molecule has 1 aliphatic heterocycles. The van der Waals surface area contributed by atoms with E-state index in [1.165, 1.54) is 0 Å². The quantitative estimate of drug-likeness (QED) is 0.874. The van der Waals surface area contributed by atoms with Crippen molar-refractivity contribution in [1.29, 1.82) is 0 Å². The van der Waals surface area contributed by atoms with E-state index in [1.807, 2.05) is 0 Å². The lowest BCUT2D eigenvalue weighted by molar-refractivity contribution is -0.120. The van der Waals surface area contributed by atoms with Crippen LogP contribution in [0, 0.1) is 0 Å². The van der Waals surface area contributed by atoms with Gasteiger partial charge in [-0.15, -0.1) is 0 Å². The molecule has 0 spiro atoms. The number of nitrogens with one attached hydrogen (secondary N) is 2. The molecule has 2 N–H and O–H groups in total. The van der Waals surface area contributed by atoms with Gasteiger partial charge in [-0.05, 0) is 22.4 Å². The van der Waals surface area contributed by atoms with E-state index in [-0.39, 0.29) is 5.91 Å². The number of nitrogens with zero attached hydrogens (tertiary/aromatic N) is 3. The number of carbonyl (C=O) groups excluding carboxylic acids is 1. The molecule has 1 saturated heterocycles. The Morgan fingerprint density at radius 2 is 2.32 bits per heavy atom. The lowest BCUT2D eigenvalue weighted by Gasteiger charge is -2.22. The molecule has 1 aromatic heterocycles. The summed E-state index contributed by atoms with van der Waals surface area (Å²) in [4.78, 5) is 22.0. The molecule has 1 fully saturated rings. The van der Waals surface area contributed by atoms with E-state index in [0.717, 1.165) is 35.6 Å². The topological polar surface area (TPSA) is 70.2 Å². The molecule has 1 aromatic rings. The Hall–Kier alpha value is -1.37. The van der Waals surface area contributed by atoms with E-state index >= 15 is 0 Å². The summed E-state index contributed by atoms with van der Waals surface area (Å²) >= 11 is 3.55. The number of hydrogen-bond acceptors (Lipinski definition) is 5. The van der Waals surface area contributed by atoms with Crippen molar-refractivity contribution in [3.05, 3.63) is 10.8 Å². The Bertz CT molecular complexity index is 454. The van der Waals surface area contributed by atoms with Crippen LogP contribution in [0.1, 0.15) is 19.8 Å². The highest BCUT2D eigenvalue weighted by Gasteiger charge is 2.18. The molecule has 0 aliphatic carbocycles. The molecule has 0 radical (unpaired) electrons. The summed E-state index contributed by atoms with van der Waals surface area (Å²) in [5.41, 5.74) is 0. The van der Waals surface area contributed by atoms with Crippen LogP contribution in [-0.2, 0) is 4.79 Å². The van der Waals surface area contributed by atoms with E-state index in [2.05, 4.69) is 48.4 Å². The molecule has 0 atom stereocenters. The monoisotopic (exact) mass is 327 g/mol. The highest BCUT2D eigenvalue weighted by molar-refractivity contribution is 9.10. The summed E-state index contributed by atoms with van der Waals surface area (Å²) in [5.74, 6) is 1.73. The molecule has 0 bridgehead atoms. The summed E-state index contributed by atoms with van der Waals surface area (Å²) in [6.07, 6.45) is 3.08. The number of aromatic nitrogens is 2. The van der Waals surface area contributed by atoms with Crippen molar-refractivity contribution in [3.63, 3.8) is 0 Å². The standard InChI is InChI=1S/C12H18BrN5O/c1-2-4-15-11-10(13)12(17-8-16-11)18-6-3-9(19)14-5-7-18/h8H,2-7H2,1H3,(H,14,19)(H,15,16,17). The normalized spacial score (nSPS) is 15.9. The molecule has 0 unspecified atom stereocenters. The summed E-state index contributed by atoms with van der Waals surface area (Å²) < 4.78 is 0.859. The predicted molar refractivity (Wildman–Crippen MR) is 78.4 cm³/mol. The van der Waals surface area contributed by atoms with Crippen molar-refractivity contribution in [1.82, 2.24) is 15.3 Å². The van der Waals surface area contributed by atoms with Gasteiger partial charge in [-0.3, -0.25) is 4.79 Å². The van der Waals surface area contributed by atoms with Gasteiger partial charge in [-0.1, -0.05) is 6.92 Å². The summed E-state index contributed by atoms with van der Waals surface area (Å²) in [7, 11) is 0. The molecule has 7 heteroatoms. The Labute approximate surface area is 121 Å². The van der Waals surface area contributed by atoms with E-state index in [4.69, 9.17) is 0 Å². The van der Waals surface area contributed by atoms with Gasteiger partial charge in [0.25, 0.3) is 0 Å². The second kappa shape index (κ2) is 6.70. The third-order valence-electron chi connectivity index (χ3n) is 2.93. The van der Waals surface area contributed by atoms with Gasteiger partial charge in [-0.2, -0.15) is 0 Å². The van der Waals surface area contributed by atoms with Gasteiger partial charge >= 0.3 is 0 Å². The fourth-order valence-corrected chi connectivity index (χ4v) is 2.52. The van der Waals surface area contributed by atoms with Crippen LogP contribution in [0.25, 0.3) is 0 Å². The van der Waals surface area contributed by atoms with Crippen molar-refractivity contribution in [3.8, 4) is 0 Å². The van der Waals surface area contributed by atoms with E-state index in [9.17, 15) is 4.79 Å². The number of halogens is 1. The second-order valence-electron chi connectivity index (χ2n) is 4.37. The first-order valence-corrected chi connectivity index (χ1v) is 7.27. The molecule has 0 saturated carbocycles. The zero-order valence-corrected chi connectivity index (χ0v) is 12.5. The number of amides is 1. The average molecular weight is 328 g/mol. The van der Waals surface area contributed by atoms with Gasteiger partial charge < -0.3 is 15.5 Å². The number of hydrogen-bond donors (Lipinski definition) is 2. The second-order valence-corrected chi connectivity index (χ2v) is 5.17. The van der Waals surface area contributed by atoms with Gasteiger partial charge in [0.2, 0.25) is 5.91 Å². The predicted octanol–water partition coefficient (Wildman–Crippen LogP) is 1.39. The maximum absolute atomic E-state index is 11.4. The highest BCUT2D eigenvalue weighted by atomic mass is 79.9. The van der Waals surface area contributed by atoms with Gasteiger partial charge in [0.05, 0.1) is 0 Å². The molecule has 1 aliphatic rings.